The van der Waals surface area contributed by atoms with Gasteiger partial charge in [0.1, 0.15) is 5.58 Å². The first-order valence-electron chi connectivity index (χ1n) is 6.69. The maximum atomic E-state index is 11.9. The Balaban J connectivity index is 1.79. The predicted octanol–water partition coefficient (Wildman–Crippen LogP) is 3.65. The monoisotopic (exact) mass is 277 g/mol. The molecule has 0 bridgehead atoms. The number of rotatable bonds is 7. The molecular weight excluding hydrogens is 258 g/mol. The number of carbonyl (C=O) groups is 1. The van der Waals surface area contributed by atoms with E-state index in [1.54, 1.807) is 6.07 Å². The van der Waals surface area contributed by atoms with Crippen molar-refractivity contribution < 1.29 is 9.21 Å². The molecule has 0 atom stereocenters. The van der Waals surface area contributed by atoms with Gasteiger partial charge in [0.2, 0.25) is 0 Å². The van der Waals surface area contributed by atoms with E-state index in [1.165, 1.54) is 6.42 Å². The number of hydrogen-bond acceptors (Lipinski definition) is 3. The molecule has 1 aromatic carbocycles. The summed E-state index contributed by atoms with van der Waals surface area (Å²) in [5, 5.41) is 3.84. The minimum atomic E-state index is -0.134. The zero-order chi connectivity index (χ0) is 13.5. The Hall–Kier alpha value is -1.42. The molecule has 0 aliphatic rings. The number of unbranched alkanes of at least 4 members (excludes halogenated alkanes) is 3. The van der Waals surface area contributed by atoms with Gasteiger partial charge >= 0.3 is 0 Å². The van der Waals surface area contributed by atoms with Gasteiger partial charge in [-0.1, -0.05) is 31.0 Å². The number of benzene rings is 1. The Bertz CT molecular complexity index is 503. The number of para-hydroxylation sites is 1. The van der Waals surface area contributed by atoms with Crippen molar-refractivity contribution in [1.82, 2.24) is 5.32 Å². The van der Waals surface area contributed by atoms with Crippen molar-refractivity contribution >= 4 is 29.5 Å². The third-order valence-electron chi connectivity index (χ3n) is 3.02. The molecule has 2 rings (SSSR count). The third kappa shape index (κ3) is 4.03. The van der Waals surface area contributed by atoms with Crippen LogP contribution in [0.25, 0.3) is 11.0 Å². The highest BCUT2D eigenvalue weighted by Crippen LogP contribution is 2.18. The fraction of sp³-hybridized carbons (Fsp3) is 0.400. The molecule has 0 saturated heterocycles. The maximum absolute atomic E-state index is 11.9. The first-order valence-corrected chi connectivity index (χ1v) is 7.32. The number of carbonyl (C=O) groups excluding carboxylic acids is 1. The van der Waals surface area contributed by atoms with Crippen LogP contribution in [0, 0.1) is 0 Å². The van der Waals surface area contributed by atoms with Crippen LogP contribution in [0.15, 0.2) is 34.7 Å². The second kappa shape index (κ2) is 7.24. The molecule has 1 heterocycles. The van der Waals surface area contributed by atoms with E-state index in [-0.39, 0.29) is 5.91 Å². The van der Waals surface area contributed by atoms with E-state index in [9.17, 15) is 4.79 Å². The molecule has 2 aromatic rings. The van der Waals surface area contributed by atoms with Gasteiger partial charge in [-0.15, -0.1) is 0 Å². The van der Waals surface area contributed by atoms with Crippen molar-refractivity contribution in [3.63, 3.8) is 0 Å². The summed E-state index contributed by atoms with van der Waals surface area (Å²) in [4.78, 5) is 11.9. The Morgan fingerprint density at radius 3 is 2.74 bits per heavy atom. The van der Waals surface area contributed by atoms with E-state index < -0.39 is 0 Å². The van der Waals surface area contributed by atoms with Crippen LogP contribution in [0.4, 0.5) is 0 Å². The van der Waals surface area contributed by atoms with Crippen LogP contribution in [0.2, 0.25) is 0 Å². The molecule has 102 valence electrons. The van der Waals surface area contributed by atoms with Gasteiger partial charge in [0, 0.05) is 11.9 Å². The lowest BCUT2D eigenvalue weighted by Crippen LogP contribution is -2.23. The Kier molecular flexibility index (Phi) is 5.33. The molecule has 1 N–H and O–H groups in total. The van der Waals surface area contributed by atoms with Crippen molar-refractivity contribution in [2.75, 3.05) is 12.3 Å². The van der Waals surface area contributed by atoms with Gasteiger partial charge in [-0.2, -0.15) is 12.6 Å². The second-order valence-corrected chi connectivity index (χ2v) is 4.99. The Labute approximate surface area is 118 Å². The minimum absolute atomic E-state index is 0.134. The molecule has 0 unspecified atom stereocenters. The van der Waals surface area contributed by atoms with Gasteiger partial charge in [0.15, 0.2) is 5.76 Å². The maximum Gasteiger partial charge on any atom is 0.287 e. The lowest BCUT2D eigenvalue weighted by Gasteiger charge is -2.02. The number of hydrogen-bond donors (Lipinski definition) is 2. The van der Waals surface area contributed by atoms with Crippen LogP contribution in [0.5, 0.6) is 0 Å². The molecule has 0 spiro atoms. The molecule has 0 radical (unpaired) electrons. The first-order chi connectivity index (χ1) is 9.31. The zero-order valence-corrected chi connectivity index (χ0v) is 11.8. The summed E-state index contributed by atoms with van der Waals surface area (Å²) in [5.41, 5.74) is 0.751. The smallest absolute Gasteiger partial charge is 0.287 e. The van der Waals surface area contributed by atoms with Crippen LogP contribution in [0.1, 0.15) is 36.2 Å². The van der Waals surface area contributed by atoms with Gasteiger partial charge < -0.3 is 9.73 Å². The molecule has 0 fully saturated rings. The topological polar surface area (TPSA) is 42.2 Å². The summed E-state index contributed by atoms with van der Waals surface area (Å²) in [7, 11) is 0. The second-order valence-electron chi connectivity index (χ2n) is 4.54. The summed E-state index contributed by atoms with van der Waals surface area (Å²) >= 11 is 4.17. The highest BCUT2D eigenvalue weighted by atomic mass is 32.1. The fourth-order valence-corrected chi connectivity index (χ4v) is 2.20. The molecule has 0 aliphatic carbocycles. The molecule has 1 aromatic heterocycles. The average molecular weight is 277 g/mol. The zero-order valence-electron chi connectivity index (χ0n) is 10.9. The average Bonchev–Trinajstić information content (AvgIpc) is 2.86. The van der Waals surface area contributed by atoms with Crippen LogP contribution in [-0.4, -0.2) is 18.2 Å². The van der Waals surface area contributed by atoms with E-state index in [1.807, 2.05) is 24.3 Å². The van der Waals surface area contributed by atoms with E-state index in [4.69, 9.17) is 4.42 Å². The van der Waals surface area contributed by atoms with E-state index >= 15 is 0 Å². The molecule has 4 heteroatoms. The summed E-state index contributed by atoms with van der Waals surface area (Å²) in [5.74, 6) is 1.19. The number of nitrogens with one attached hydrogen (secondary N) is 1. The van der Waals surface area contributed by atoms with Gasteiger partial charge in [0.25, 0.3) is 5.91 Å². The quantitative estimate of drug-likeness (QED) is 0.599. The normalized spacial score (nSPS) is 10.8. The van der Waals surface area contributed by atoms with E-state index in [0.717, 1.165) is 36.0 Å². The molecule has 0 aliphatic heterocycles. The Morgan fingerprint density at radius 1 is 1.16 bits per heavy atom. The third-order valence-corrected chi connectivity index (χ3v) is 3.34. The van der Waals surface area contributed by atoms with Crippen LogP contribution in [-0.2, 0) is 0 Å². The summed E-state index contributed by atoms with van der Waals surface area (Å²) in [6.07, 6.45) is 4.44. The minimum Gasteiger partial charge on any atom is -0.451 e. The lowest BCUT2D eigenvalue weighted by molar-refractivity contribution is 0.0927. The van der Waals surface area contributed by atoms with Gasteiger partial charge in [-0.25, -0.2) is 0 Å². The van der Waals surface area contributed by atoms with E-state index in [2.05, 4.69) is 17.9 Å². The lowest BCUT2D eigenvalue weighted by atomic mass is 10.2. The van der Waals surface area contributed by atoms with Crippen LogP contribution < -0.4 is 5.32 Å². The van der Waals surface area contributed by atoms with Crippen molar-refractivity contribution in [3.05, 3.63) is 36.1 Å². The summed E-state index contributed by atoms with van der Waals surface area (Å²) in [6.45, 7) is 0.697. The number of fused-ring (bicyclic) bond motifs is 1. The highest BCUT2D eigenvalue weighted by molar-refractivity contribution is 7.80. The SMILES string of the molecule is O=C(NCCCCCCS)c1cc2ccccc2o1. The van der Waals surface area contributed by atoms with Crippen molar-refractivity contribution in [2.45, 2.75) is 25.7 Å². The molecule has 1 amide bonds. The Morgan fingerprint density at radius 2 is 1.95 bits per heavy atom. The van der Waals surface area contributed by atoms with Crippen LogP contribution >= 0.6 is 12.6 Å². The van der Waals surface area contributed by atoms with Crippen molar-refractivity contribution in [2.24, 2.45) is 0 Å². The molecule has 0 saturated carbocycles. The van der Waals surface area contributed by atoms with Gasteiger partial charge in [-0.05, 0) is 30.7 Å². The van der Waals surface area contributed by atoms with E-state index in [0.29, 0.717) is 12.3 Å². The van der Waals surface area contributed by atoms with Gasteiger partial charge in [0.05, 0.1) is 0 Å². The fourth-order valence-electron chi connectivity index (χ4n) is 1.97. The standard InChI is InChI=1S/C15H19NO2S/c17-15(16-9-5-1-2-6-10-19)14-11-12-7-3-4-8-13(12)18-14/h3-4,7-8,11,19H,1-2,5-6,9-10H2,(H,16,17). The highest BCUT2D eigenvalue weighted by Gasteiger charge is 2.10. The van der Waals surface area contributed by atoms with Gasteiger partial charge in [-0.3, -0.25) is 4.79 Å². The molecule has 19 heavy (non-hydrogen) atoms. The predicted molar refractivity (Wildman–Crippen MR) is 80.9 cm³/mol. The van der Waals surface area contributed by atoms with Crippen LogP contribution in [0.3, 0.4) is 0 Å². The van der Waals surface area contributed by atoms with Crippen molar-refractivity contribution in [3.8, 4) is 0 Å². The number of thiol groups is 1. The largest absolute Gasteiger partial charge is 0.451 e. The molecular formula is C15H19NO2S. The number of furan rings is 1. The number of amides is 1. The summed E-state index contributed by atoms with van der Waals surface area (Å²) in [6, 6.07) is 9.41. The molecule has 3 nitrogen and oxygen atoms in total. The summed E-state index contributed by atoms with van der Waals surface area (Å²) < 4.78 is 5.50. The van der Waals surface area contributed by atoms with Crippen molar-refractivity contribution in [1.29, 1.82) is 0 Å². The first kappa shape index (κ1) is 14.0.